The van der Waals surface area contributed by atoms with Gasteiger partial charge in [0.2, 0.25) is 0 Å². The number of hydrogen-bond acceptors (Lipinski definition) is 5. The van der Waals surface area contributed by atoms with Crippen molar-refractivity contribution in [1.29, 1.82) is 5.41 Å². The molecule has 0 aliphatic heterocycles. The van der Waals surface area contributed by atoms with Gasteiger partial charge in [-0.15, -0.1) is 0 Å². The van der Waals surface area contributed by atoms with Gasteiger partial charge < -0.3 is 15.5 Å². The summed E-state index contributed by atoms with van der Waals surface area (Å²) in [5, 5.41) is 16.2. The topological polar surface area (TPSA) is 92.4 Å². The SMILES string of the molecule is CC/C=C\CC/C=C(\C)N/C=N/C(=CCC=N)n1nc(-c2ccccc2)c(/C=C/CCCCC(=O)OCC)c1C1=CC=CCC=C1. The molecule has 0 saturated heterocycles. The molecule has 0 amide bonds. The minimum atomic E-state index is -0.143. The highest BCUT2D eigenvalue weighted by atomic mass is 16.5. The standard InChI is InChI=1S/C39H49N5O2/c1-4-6-7-8-14-22-32(3)41-31-42-36(28-21-30-40)44-39(34-25-15-9-10-16-26-34)35(38(43-44)33-23-17-13-18-24-33)27-19-11-12-20-29-37(45)46-5-2/h6-7,9,13,15-19,22-28,30-31,40H,4-5,8,10-12,14,20-21,29H2,1-3H3,(H,41,42)/b7-6-,27-19+,32-22+,36-28?,40-30?. The molecule has 2 N–H and O–H groups in total. The molecule has 0 saturated carbocycles. The summed E-state index contributed by atoms with van der Waals surface area (Å²) in [7, 11) is 0. The van der Waals surface area contributed by atoms with Crippen LogP contribution >= 0.6 is 0 Å². The van der Waals surface area contributed by atoms with E-state index in [-0.39, 0.29) is 5.97 Å². The predicted molar refractivity (Wildman–Crippen MR) is 194 cm³/mol. The lowest BCUT2D eigenvalue weighted by molar-refractivity contribution is -0.143. The van der Waals surface area contributed by atoms with Crippen molar-refractivity contribution < 1.29 is 9.53 Å². The van der Waals surface area contributed by atoms with E-state index in [0.717, 1.165) is 78.7 Å². The van der Waals surface area contributed by atoms with Crippen molar-refractivity contribution in [1.82, 2.24) is 15.1 Å². The molecule has 0 unspecified atom stereocenters. The van der Waals surface area contributed by atoms with Crippen LogP contribution in [0.3, 0.4) is 0 Å². The number of hydrogen-bond donors (Lipinski definition) is 2. The summed E-state index contributed by atoms with van der Waals surface area (Å²) in [5.74, 6) is 0.481. The Balaban J connectivity index is 2.03. The maximum Gasteiger partial charge on any atom is 0.305 e. The van der Waals surface area contributed by atoms with E-state index in [1.54, 1.807) is 6.34 Å². The van der Waals surface area contributed by atoms with Gasteiger partial charge in [-0.1, -0.05) is 98.0 Å². The van der Waals surface area contributed by atoms with E-state index in [1.807, 2.05) is 42.8 Å². The Kier molecular flexibility index (Phi) is 16.3. The number of carbonyl (C=O) groups excluding carboxylic acids is 1. The average molecular weight is 620 g/mol. The van der Waals surface area contributed by atoms with Gasteiger partial charge in [-0.25, -0.2) is 9.67 Å². The number of aliphatic imine (C=N–C) groups is 1. The van der Waals surface area contributed by atoms with Crippen LogP contribution in [0.15, 0.2) is 102 Å². The number of rotatable bonds is 19. The molecule has 0 atom stereocenters. The predicted octanol–water partition coefficient (Wildman–Crippen LogP) is 9.69. The third-order valence-electron chi connectivity index (χ3n) is 7.13. The normalized spacial score (nSPS) is 13.9. The smallest absolute Gasteiger partial charge is 0.305 e. The molecular weight excluding hydrogens is 570 g/mol. The molecule has 2 aromatic rings. The Morgan fingerprint density at radius 3 is 2.70 bits per heavy atom. The third kappa shape index (κ3) is 12.0. The summed E-state index contributed by atoms with van der Waals surface area (Å²) in [6, 6.07) is 10.2. The lowest BCUT2D eigenvalue weighted by Gasteiger charge is -2.10. The van der Waals surface area contributed by atoms with Crippen molar-refractivity contribution in [2.75, 3.05) is 6.61 Å². The van der Waals surface area contributed by atoms with E-state index < -0.39 is 0 Å². The third-order valence-corrected chi connectivity index (χ3v) is 7.13. The van der Waals surface area contributed by atoms with Crippen LogP contribution in [0, 0.1) is 5.41 Å². The number of carbonyl (C=O) groups is 1. The van der Waals surface area contributed by atoms with Gasteiger partial charge in [0.15, 0.2) is 5.82 Å². The number of esters is 1. The molecule has 1 aromatic carbocycles. The molecule has 0 bridgehead atoms. The maximum absolute atomic E-state index is 11.8. The van der Waals surface area contributed by atoms with Gasteiger partial charge in [-0.05, 0) is 71.1 Å². The summed E-state index contributed by atoms with van der Waals surface area (Å²) < 4.78 is 6.97. The van der Waals surface area contributed by atoms with Crippen LogP contribution in [0.25, 0.3) is 28.7 Å². The minimum absolute atomic E-state index is 0.143. The number of nitrogens with one attached hydrogen (secondary N) is 2. The number of unbranched alkanes of at least 4 members (excludes halogenated alkanes) is 3. The molecule has 1 aliphatic carbocycles. The highest BCUT2D eigenvalue weighted by Gasteiger charge is 2.21. The van der Waals surface area contributed by atoms with Crippen LogP contribution < -0.4 is 5.32 Å². The number of aromatic nitrogens is 2. The fourth-order valence-corrected chi connectivity index (χ4v) is 4.84. The molecular formula is C39H49N5O2. The van der Waals surface area contributed by atoms with E-state index in [2.05, 4.69) is 85.1 Å². The summed E-state index contributed by atoms with van der Waals surface area (Å²) in [4.78, 5) is 16.6. The summed E-state index contributed by atoms with van der Waals surface area (Å²) in [6.45, 7) is 6.42. The lowest BCUT2D eigenvalue weighted by Crippen LogP contribution is -2.10. The van der Waals surface area contributed by atoms with E-state index in [4.69, 9.17) is 20.2 Å². The Morgan fingerprint density at radius 1 is 1.07 bits per heavy atom. The number of benzene rings is 1. The van der Waals surface area contributed by atoms with Crippen LogP contribution in [-0.2, 0) is 9.53 Å². The Bertz CT molecular complexity index is 1500. The Hall–Kier alpha value is -4.78. The first-order chi connectivity index (χ1) is 22.6. The highest BCUT2D eigenvalue weighted by molar-refractivity contribution is 5.87. The first kappa shape index (κ1) is 35.7. The summed E-state index contributed by atoms with van der Waals surface area (Å²) in [6.07, 6.45) is 33.7. The van der Waals surface area contributed by atoms with Crippen molar-refractivity contribution in [2.45, 2.75) is 78.6 Å². The van der Waals surface area contributed by atoms with Gasteiger partial charge in [0.1, 0.15) is 5.69 Å². The van der Waals surface area contributed by atoms with Gasteiger partial charge >= 0.3 is 5.97 Å². The number of allylic oxidation sites excluding steroid dienone is 12. The molecule has 1 heterocycles. The first-order valence-electron chi connectivity index (χ1n) is 16.4. The van der Waals surface area contributed by atoms with Crippen molar-refractivity contribution in [3.63, 3.8) is 0 Å². The average Bonchev–Trinajstić information content (AvgIpc) is 3.22. The van der Waals surface area contributed by atoms with Gasteiger partial charge in [0.05, 0.1) is 18.6 Å². The zero-order chi connectivity index (χ0) is 32.8. The molecule has 1 aromatic heterocycles. The molecule has 7 heteroatoms. The number of nitrogens with zero attached hydrogens (tertiary/aromatic N) is 3. The summed E-state index contributed by atoms with van der Waals surface area (Å²) in [5.41, 5.74) is 5.81. The van der Waals surface area contributed by atoms with Crippen molar-refractivity contribution in [3.8, 4) is 11.3 Å². The quantitative estimate of drug-likeness (QED) is 0.0538. The lowest BCUT2D eigenvalue weighted by atomic mass is 10.00. The molecule has 0 radical (unpaired) electrons. The molecule has 3 rings (SSSR count). The molecule has 0 spiro atoms. The Morgan fingerprint density at radius 2 is 1.91 bits per heavy atom. The second kappa shape index (κ2) is 21.0. The summed E-state index contributed by atoms with van der Waals surface area (Å²) >= 11 is 0. The molecule has 46 heavy (non-hydrogen) atoms. The number of ether oxygens (including phenoxy) is 1. The highest BCUT2D eigenvalue weighted by Crippen LogP contribution is 2.34. The molecule has 242 valence electrons. The van der Waals surface area contributed by atoms with E-state index in [0.29, 0.717) is 25.3 Å². The zero-order valence-electron chi connectivity index (χ0n) is 27.6. The van der Waals surface area contributed by atoms with Crippen LogP contribution in [0.5, 0.6) is 0 Å². The van der Waals surface area contributed by atoms with Crippen molar-refractivity contribution in [2.24, 2.45) is 4.99 Å². The molecule has 7 nitrogen and oxygen atoms in total. The molecule has 0 fully saturated rings. The van der Waals surface area contributed by atoms with E-state index in [9.17, 15) is 4.79 Å². The van der Waals surface area contributed by atoms with Crippen molar-refractivity contribution >= 4 is 36.0 Å². The minimum Gasteiger partial charge on any atom is -0.466 e. The van der Waals surface area contributed by atoms with Gasteiger partial charge in [-0.2, -0.15) is 5.10 Å². The zero-order valence-corrected chi connectivity index (χ0v) is 27.6. The largest absolute Gasteiger partial charge is 0.466 e. The fourth-order valence-electron chi connectivity index (χ4n) is 4.84. The van der Waals surface area contributed by atoms with Crippen LogP contribution in [0.2, 0.25) is 0 Å². The second-order valence-electron chi connectivity index (χ2n) is 10.8. The monoisotopic (exact) mass is 619 g/mol. The second-order valence-corrected chi connectivity index (χ2v) is 10.8. The van der Waals surface area contributed by atoms with Crippen LogP contribution in [0.1, 0.15) is 89.8 Å². The van der Waals surface area contributed by atoms with Crippen LogP contribution in [0.4, 0.5) is 0 Å². The Labute approximate surface area is 275 Å². The van der Waals surface area contributed by atoms with Crippen molar-refractivity contribution in [3.05, 3.63) is 108 Å². The fraction of sp³-hybridized carbons (Fsp3) is 0.333. The van der Waals surface area contributed by atoms with Gasteiger partial charge in [0.25, 0.3) is 0 Å². The van der Waals surface area contributed by atoms with Gasteiger partial charge in [0, 0.05) is 35.2 Å². The van der Waals surface area contributed by atoms with E-state index in [1.165, 1.54) is 6.21 Å². The van der Waals surface area contributed by atoms with Gasteiger partial charge in [-0.3, -0.25) is 4.79 Å². The van der Waals surface area contributed by atoms with E-state index >= 15 is 0 Å². The maximum atomic E-state index is 11.8. The van der Waals surface area contributed by atoms with Crippen LogP contribution in [-0.4, -0.2) is 34.9 Å². The first-order valence-corrected chi connectivity index (χ1v) is 16.4. The molecule has 1 aliphatic rings.